The average molecular weight is 590 g/mol. The first-order valence-electron chi connectivity index (χ1n) is 11.0. The lowest BCUT2D eigenvalue weighted by molar-refractivity contribution is -0.0364. The molecular weight excluding hydrogens is 568 g/mol. The summed E-state index contributed by atoms with van der Waals surface area (Å²) in [6.07, 6.45) is -5.11. The van der Waals surface area contributed by atoms with Gasteiger partial charge in [-0.2, -0.15) is 10.4 Å². The van der Waals surface area contributed by atoms with Crippen molar-refractivity contribution in [3.63, 3.8) is 0 Å². The predicted molar refractivity (Wildman–Crippen MR) is 132 cm³/mol. The molecule has 38 heavy (non-hydrogen) atoms. The second kappa shape index (κ2) is 10.5. The summed E-state index contributed by atoms with van der Waals surface area (Å²) >= 11 is 6.27. The van der Waals surface area contributed by atoms with Crippen molar-refractivity contribution in [1.82, 2.24) is 14.8 Å². The number of ether oxygens (including phenoxy) is 1. The van der Waals surface area contributed by atoms with E-state index in [1.807, 2.05) is 6.07 Å². The van der Waals surface area contributed by atoms with Gasteiger partial charge in [0.2, 0.25) is 0 Å². The summed E-state index contributed by atoms with van der Waals surface area (Å²) in [5.41, 5.74) is -0.507. The lowest BCUT2D eigenvalue weighted by Crippen LogP contribution is -2.36. The molecule has 1 fully saturated rings. The summed E-state index contributed by atoms with van der Waals surface area (Å²) in [5.74, 6) is -1.39. The first-order valence-corrected chi connectivity index (χ1v) is 15.0. The van der Waals surface area contributed by atoms with Gasteiger partial charge in [0.1, 0.15) is 35.8 Å². The molecule has 0 spiro atoms. The van der Waals surface area contributed by atoms with Crippen LogP contribution in [0.15, 0.2) is 30.5 Å². The molecule has 13 nitrogen and oxygen atoms in total. The number of halogens is 2. The Morgan fingerprint density at radius 3 is 2.55 bits per heavy atom. The quantitative estimate of drug-likeness (QED) is 0.187. The Balaban J connectivity index is 1.68. The summed E-state index contributed by atoms with van der Waals surface area (Å²) < 4.78 is 55.5. The zero-order valence-electron chi connectivity index (χ0n) is 19.5. The van der Waals surface area contributed by atoms with Crippen molar-refractivity contribution in [3.05, 3.63) is 52.6 Å². The van der Waals surface area contributed by atoms with Gasteiger partial charge in [-0.3, -0.25) is 4.57 Å². The number of aliphatic hydroxyl groups excluding tert-OH is 2. The molecule has 0 bridgehead atoms. The average Bonchev–Trinajstić information content (AvgIpc) is 3.33. The third kappa shape index (κ3) is 5.83. The largest absolute Gasteiger partial charge is 0.387 e. The number of aromatic nitrogens is 3. The zero-order chi connectivity index (χ0) is 28.0. The highest BCUT2D eigenvalue weighted by Crippen LogP contribution is 2.39. The molecule has 0 radical (unpaired) electrons. The van der Waals surface area contributed by atoms with Crippen molar-refractivity contribution < 1.29 is 42.1 Å². The van der Waals surface area contributed by atoms with E-state index >= 15 is 0 Å². The number of aliphatic hydroxyl groups is 2. The van der Waals surface area contributed by atoms with Crippen LogP contribution in [0.25, 0.3) is 11.0 Å². The van der Waals surface area contributed by atoms with Crippen LogP contribution in [-0.4, -0.2) is 72.7 Å². The van der Waals surface area contributed by atoms with E-state index in [0.29, 0.717) is 5.56 Å². The van der Waals surface area contributed by atoms with Gasteiger partial charge >= 0.3 is 7.60 Å². The Morgan fingerprint density at radius 2 is 1.95 bits per heavy atom. The van der Waals surface area contributed by atoms with E-state index in [2.05, 4.69) is 15.4 Å². The van der Waals surface area contributed by atoms with Crippen LogP contribution in [0.5, 0.6) is 0 Å². The number of fused-ring (bicyclic) bond motifs is 1. The Kier molecular flexibility index (Phi) is 7.81. The Labute approximate surface area is 220 Å². The van der Waals surface area contributed by atoms with Crippen molar-refractivity contribution >= 4 is 45.8 Å². The molecule has 5 N–H and O–H groups in total. The molecule has 3 heterocycles. The van der Waals surface area contributed by atoms with Crippen molar-refractivity contribution in [2.24, 2.45) is 0 Å². The van der Waals surface area contributed by atoms with E-state index in [-0.39, 0.29) is 27.4 Å². The van der Waals surface area contributed by atoms with Gasteiger partial charge < -0.3 is 30.1 Å². The molecule has 0 aliphatic carbocycles. The number of benzene rings is 1. The SMILES string of the molecule is C[C@@H](Nc1c(C#N)c(Cl)nc2c1cnn2[C@@H]1O[C@H](CS(=O)(=O)CP(=O)(O)O)[C@@H](O)[C@H]1O)c1ccc(F)cc1. The van der Waals surface area contributed by atoms with E-state index in [4.69, 9.17) is 26.1 Å². The first kappa shape index (κ1) is 28.3. The van der Waals surface area contributed by atoms with Crippen molar-refractivity contribution in [1.29, 1.82) is 5.26 Å². The third-order valence-electron chi connectivity index (χ3n) is 5.90. The van der Waals surface area contributed by atoms with Crippen LogP contribution in [0.3, 0.4) is 0 Å². The summed E-state index contributed by atoms with van der Waals surface area (Å²) in [7, 11) is -9.29. The standard InChI is InChI=1S/C21H22ClFN5O8PS/c1-10(11-2-4-12(23)5-3-11)26-16-13(6-24)19(22)27-20-14(16)7-25-28(20)21-18(30)17(29)15(36-21)8-38(34,35)9-37(31,32)33/h2-5,7,10,15,17-18,21,29-30H,8-9H2,1H3,(H,26,27)(H2,31,32,33)/t10-,15-,17-,18-,21-/m1/s1. The van der Waals surface area contributed by atoms with Crippen molar-refractivity contribution in [3.8, 4) is 6.07 Å². The van der Waals surface area contributed by atoms with Gasteiger partial charge in [0.25, 0.3) is 0 Å². The number of hydrogen-bond donors (Lipinski definition) is 5. The Hall–Kier alpha value is -2.67. The Morgan fingerprint density at radius 1 is 1.29 bits per heavy atom. The van der Waals surface area contributed by atoms with E-state index < -0.39 is 65.1 Å². The molecule has 1 aliphatic rings. The number of hydrogen-bond acceptors (Lipinski definition) is 10. The number of nitrogens with zero attached hydrogens (tertiary/aromatic N) is 4. The highest BCUT2D eigenvalue weighted by molar-refractivity contribution is 7.97. The summed E-state index contributed by atoms with van der Waals surface area (Å²) in [6, 6.07) is 7.23. The van der Waals surface area contributed by atoms with Crippen LogP contribution >= 0.6 is 19.2 Å². The first-order chi connectivity index (χ1) is 17.7. The fourth-order valence-electron chi connectivity index (χ4n) is 4.15. The van der Waals surface area contributed by atoms with Gasteiger partial charge in [-0.05, 0) is 24.6 Å². The molecule has 3 aromatic rings. The normalized spacial score (nSPS) is 22.9. The van der Waals surface area contributed by atoms with Gasteiger partial charge in [-0.1, -0.05) is 23.7 Å². The van der Waals surface area contributed by atoms with Crippen LogP contribution < -0.4 is 5.32 Å². The lowest BCUT2D eigenvalue weighted by atomic mass is 10.1. The molecule has 1 aromatic carbocycles. The van der Waals surface area contributed by atoms with Gasteiger partial charge in [-0.15, -0.1) is 0 Å². The van der Waals surface area contributed by atoms with Crippen LogP contribution in [-0.2, 0) is 19.1 Å². The summed E-state index contributed by atoms with van der Waals surface area (Å²) in [6.45, 7) is 1.77. The second-order valence-electron chi connectivity index (χ2n) is 8.76. The van der Waals surface area contributed by atoms with Crippen LogP contribution in [0.2, 0.25) is 5.15 Å². The molecule has 17 heteroatoms. The molecule has 2 aromatic heterocycles. The Bertz CT molecular complexity index is 1560. The number of anilines is 1. The maximum atomic E-state index is 13.3. The maximum Gasteiger partial charge on any atom is 0.340 e. The van der Waals surface area contributed by atoms with Crippen molar-refractivity contribution in [2.45, 2.75) is 37.5 Å². The van der Waals surface area contributed by atoms with Crippen LogP contribution in [0, 0.1) is 17.1 Å². The topological polar surface area (TPSA) is 208 Å². The highest BCUT2D eigenvalue weighted by atomic mass is 35.5. The number of nitrogens with one attached hydrogen (secondary N) is 1. The predicted octanol–water partition coefficient (Wildman–Crippen LogP) is 1.44. The molecular formula is C21H22ClFN5O8PS. The molecule has 1 saturated heterocycles. The van der Waals surface area contributed by atoms with E-state index in [1.54, 1.807) is 19.1 Å². The van der Waals surface area contributed by atoms with Crippen molar-refractivity contribution in [2.75, 3.05) is 16.6 Å². The van der Waals surface area contributed by atoms with E-state index in [1.165, 1.54) is 18.3 Å². The zero-order valence-corrected chi connectivity index (χ0v) is 22.0. The molecule has 4 rings (SSSR count). The van der Waals surface area contributed by atoms with Gasteiger partial charge in [0.05, 0.1) is 23.0 Å². The van der Waals surface area contributed by atoms with Gasteiger partial charge in [-0.25, -0.2) is 22.5 Å². The van der Waals surface area contributed by atoms with E-state index in [9.17, 15) is 32.8 Å². The molecule has 5 atom stereocenters. The number of nitriles is 1. The number of rotatable bonds is 8. The number of pyridine rings is 1. The van der Waals surface area contributed by atoms with Crippen LogP contribution in [0.4, 0.5) is 10.1 Å². The summed E-state index contributed by atoms with van der Waals surface area (Å²) in [4.78, 5) is 22.2. The highest BCUT2D eigenvalue weighted by Gasteiger charge is 2.47. The minimum Gasteiger partial charge on any atom is -0.387 e. The van der Waals surface area contributed by atoms with Gasteiger partial charge in [0.15, 0.2) is 32.4 Å². The number of sulfone groups is 1. The molecule has 0 unspecified atom stereocenters. The van der Waals surface area contributed by atoms with Gasteiger partial charge in [0, 0.05) is 6.04 Å². The maximum absolute atomic E-state index is 13.3. The molecule has 204 valence electrons. The van der Waals surface area contributed by atoms with E-state index in [0.717, 1.165) is 4.68 Å². The molecule has 1 aliphatic heterocycles. The minimum absolute atomic E-state index is 0.0120. The fraction of sp³-hybridized carbons (Fsp3) is 0.381. The fourth-order valence-corrected chi connectivity index (χ4v) is 7.61. The molecule has 0 amide bonds. The van der Waals surface area contributed by atoms with Crippen LogP contribution in [0.1, 0.15) is 30.3 Å². The second-order valence-corrected chi connectivity index (χ2v) is 13.3. The lowest BCUT2D eigenvalue weighted by Gasteiger charge is -2.19. The third-order valence-corrected chi connectivity index (χ3v) is 9.93. The molecule has 0 saturated carbocycles. The smallest absolute Gasteiger partial charge is 0.340 e. The summed E-state index contributed by atoms with van der Waals surface area (Å²) in [5, 5.41) is 38.1. The minimum atomic E-state index is -4.91. The monoisotopic (exact) mass is 589 g/mol.